The van der Waals surface area contributed by atoms with Crippen LogP contribution in [0.4, 0.5) is 5.69 Å². The number of anilines is 1. The molecule has 2 rings (SSSR count). The highest BCUT2D eigenvalue weighted by molar-refractivity contribution is 6.35. The van der Waals surface area contributed by atoms with Crippen LogP contribution in [0.3, 0.4) is 0 Å². The van der Waals surface area contributed by atoms with Crippen LogP contribution in [0, 0.1) is 0 Å². The van der Waals surface area contributed by atoms with Gasteiger partial charge in [-0.3, -0.25) is 0 Å². The molecule has 0 spiro atoms. The van der Waals surface area contributed by atoms with Gasteiger partial charge in [-0.2, -0.15) is 0 Å². The van der Waals surface area contributed by atoms with E-state index in [1.54, 1.807) is 12.1 Å². The Morgan fingerprint density at radius 2 is 2.17 bits per heavy atom. The van der Waals surface area contributed by atoms with E-state index in [9.17, 15) is 0 Å². The van der Waals surface area contributed by atoms with Crippen LogP contribution in [0.25, 0.3) is 0 Å². The highest BCUT2D eigenvalue weighted by Crippen LogP contribution is 2.25. The number of nitrogens with zero attached hydrogens (tertiary/aromatic N) is 2. The molecule has 0 saturated heterocycles. The second-order valence-corrected chi connectivity index (χ2v) is 4.90. The summed E-state index contributed by atoms with van der Waals surface area (Å²) in [6, 6.07) is 5.39. The number of halogens is 2. The third-order valence-corrected chi connectivity index (χ3v) is 3.22. The Morgan fingerprint density at radius 3 is 2.94 bits per heavy atom. The molecular formula is C13H15Cl2N3. The highest BCUT2D eigenvalue weighted by atomic mass is 35.5. The van der Waals surface area contributed by atoms with E-state index in [-0.39, 0.29) is 0 Å². The van der Waals surface area contributed by atoms with Crippen molar-refractivity contribution in [2.45, 2.75) is 26.4 Å². The molecule has 0 aliphatic heterocycles. The Kier molecular flexibility index (Phi) is 4.50. The van der Waals surface area contributed by atoms with Crippen LogP contribution in [0.5, 0.6) is 0 Å². The summed E-state index contributed by atoms with van der Waals surface area (Å²) in [5, 5.41) is 4.62. The molecule has 0 saturated carbocycles. The van der Waals surface area contributed by atoms with Crippen LogP contribution >= 0.6 is 23.2 Å². The first kappa shape index (κ1) is 13.2. The van der Waals surface area contributed by atoms with E-state index in [2.05, 4.69) is 21.8 Å². The quantitative estimate of drug-likeness (QED) is 0.891. The molecule has 0 atom stereocenters. The first-order valence-corrected chi connectivity index (χ1v) is 6.64. The van der Waals surface area contributed by atoms with Crippen molar-refractivity contribution in [3.05, 3.63) is 46.5 Å². The van der Waals surface area contributed by atoms with Gasteiger partial charge in [0.05, 0.1) is 29.3 Å². The number of hydrogen-bond acceptors (Lipinski definition) is 2. The van der Waals surface area contributed by atoms with E-state index in [0.29, 0.717) is 16.6 Å². The third kappa shape index (κ3) is 3.18. The number of benzene rings is 1. The lowest BCUT2D eigenvalue weighted by molar-refractivity contribution is 0.651. The minimum absolute atomic E-state index is 0.668. The van der Waals surface area contributed by atoms with Gasteiger partial charge < -0.3 is 9.88 Å². The van der Waals surface area contributed by atoms with Crippen molar-refractivity contribution in [3.63, 3.8) is 0 Å². The van der Waals surface area contributed by atoms with Crippen molar-refractivity contribution in [2.24, 2.45) is 0 Å². The predicted molar refractivity (Wildman–Crippen MR) is 76.3 cm³/mol. The van der Waals surface area contributed by atoms with Crippen molar-refractivity contribution in [1.29, 1.82) is 0 Å². The first-order chi connectivity index (χ1) is 8.70. The van der Waals surface area contributed by atoms with E-state index in [1.807, 2.05) is 18.6 Å². The monoisotopic (exact) mass is 283 g/mol. The van der Waals surface area contributed by atoms with Gasteiger partial charge in [-0.1, -0.05) is 30.1 Å². The van der Waals surface area contributed by atoms with Gasteiger partial charge >= 0.3 is 0 Å². The molecule has 3 nitrogen and oxygen atoms in total. The summed E-state index contributed by atoms with van der Waals surface area (Å²) in [6.07, 6.45) is 4.79. The Labute approximate surface area is 117 Å². The summed E-state index contributed by atoms with van der Waals surface area (Å²) >= 11 is 12.0. The fourth-order valence-electron chi connectivity index (χ4n) is 1.76. The van der Waals surface area contributed by atoms with Gasteiger partial charge in [0, 0.05) is 17.8 Å². The van der Waals surface area contributed by atoms with Gasteiger partial charge in [0.25, 0.3) is 0 Å². The smallest absolute Gasteiger partial charge is 0.0948 e. The molecule has 1 N–H and O–H groups in total. The number of aromatic nitrogens is 2. The fourth-order valence-corrected chi connectivity index (χ4v) is 2.11. The molecule has 1 aromatic heterocycles. The molecule has 0 amide bonds. The SMILES string of the molecule is CCCn1cncc1CNc1cc(Cl)ccc1Cl. The normalized spacial score (nSPS) is 10.6. The lowest BCUT2D eigenvalue weighted by Crippen LogP contribution is -2.07. The number of imidazole rings is 1. The maximum atomic E-state index is 6.09. The highest BCUT2D eigenvalue weighted by Gasteiger charge is 2.04. The summed E-state index contributed by atoms with van der Waals surface area (Å²) in [6.45, 7) is 3.80. The molecule has 0 aliphatic rings. The molecule has 0 radical (unpaired) electrons. The Balaban J connectivity index is 2.06. The van der Waals surface area contributed by atoms with Crippen LogP contribution in [0.1, 0.15) is 19.0 Å². The predicted octanol–water partition coefficient (Wildman–Crippen LogP) is 4.21. The zero-order valence-electron chi connectivity index (χ0n) is 10.2. The molecule has 5 heteroatoms. The van der Waals surface area contributed by atoms with Crippen molar-refractivity contribution in [1.82, 2.24) is 9.55 Å². The topological polar surface area (TPSA) is 29.9 Å². The van der Waals surface area contributed by atoms with E-state index < -0.39 is 0 Å². The van der Waals surface area contributed by atoms with E-state index >= 15 is 0 Å². The molecule has 1 heterocycles. The van der Waals surface area contributed by atoms with Crippen LogP contribution in [0.15, 0.2) is 30.7 Å². The Bertz CT molecular complexity index is 523. The molecule has 0 unspecified atom stereocenters. The number of hydrogen-bond donors (Lipinski definition) is 1. The zero-order valence-corrected chi connectivity index (χ0v) is 11.7. The molecular weight excluding hydrogens is 269 g/mol. The third-order valence-electron chi connectivity index (χ3n) is 2.65. The number of aryl methyl sites for hydroxylation is 1. The van der Waals surface area contributed by atoms with Gasteiger partial charge in [-0.05, 0) is 24.6 Å². The minimum atomic E-state index is 0.668. The molecule has 96 valence electrons. The van der Waals surface area contributed by atoms with Gasteiger partial charge in [-0.15, -0.1) is 0 Å². The van der Waals surface area contributed by atoms with Crippen LogP contribution in [-0.2, 0) is 13.1 Å². The molecule has 2 aromatic rings. The standard InChI is InChI=1S/C13H15Cl2N3/c1-2-5-18-9-16-7-11(18)8-17-13-6-10(14)3-4-12(13)15/h3-4,6-7,9,17H,2,5,8H2,1H3. The lowest BCUT2D eigenvalue weighted by Gasteiger charge is -2.10. The summed E-state index contributed by atoms with van der Waals surface area (Å²) in [5.41, 5.74) is 1.97. The maximum Gasteiger partial charge on any atom is 0.0948 e. The van der Waals surface area contributed by atoms with E-state index in [4.69, 9.17) is 23.2 Å². The Hall–Kier alpha value is -1.19. The summed E-state index contributed by atoms with van der Waals surface area (Å²) < 4.78 is 2.13. The largest absolute Gasteiger partial charge is 0.378 e. The zero-order chi connectivity index (χ0) is 13.0. The van der Waals surface area contributed by atoms with E-state index in [1.165, 1.54) is 0 Å². The number of rotatable bonds is 5. The van der Waals surface area contributed by atoms with Gasteiger partial charge in [0.2, 0.25) is 0 Å². The molecule has 18 heavy (non-hydrogen) atoms. The fraction of sp³-hybridized carbons (Fsp3) is 0.308. The molecule has 0 fully saturated rings. The van der Waals surface area contributed by atoms with Crippen LogP contribution < -0.4 is 5.32 Å². The van der Waals surface area contributed by atoms with Gasteiger partial charge in [0.15, 0.2) is 0 Å². The lowest BCUT2D eigenvalue weighted by atomic mass is 10.3. The summed E-state index contributed by atoms with van der Waals surface area (Å²) in [7, 11) is 0. The van der Waals surface area contributed by atoms with Crippen molar-refractivity contribution >= 4 is 28.9 Å². The van der Waals surface area contributed by atoms with Crippen molar-refractivity contribution in [3.8, 4) is 0 Å². The van der Waals surface area contributed by atoms with E-state index in [0.717, 1.165) is 24.3 Å². The second-order valence-electron chi connectivity index (χ2n) is 4.06. The van der Waals surface area contributed by atoms with Gasteiger partial charge in [-0.25, -0.2) is 4.98 Å². The Morgan fingerprint density at radius 1 is 1.33 bits per heavy atom. The average molecular weight is 284 g/mol. The van der Waals surface area contributed by atoms with Crippen molar-refractivity contribution < 1.29 is 0 Å². The summed E-state index contributed by atoms with van der Waals surface area (Å²) in [5.74, 6) is 0. The molecule has 1 aromatic carbocycles. The average Bonchev–Trinajstić information content (AvgIpc) is 2.78. The molecule has 0 aliphatic carbocycles. The summed E-state index contributed by atoms with van der Waals surface area (Å²) in [4.78, 5) is 4.16. The van der Waals surface area contributed by atoms with Crippen LogP contribution in [-0.4, -0.2) is 9.55 Å². The maximum absolute atomic E-state index is 6.09. The number of nitrogens with one attached hydrogen (secondary N) is 1. The first-order valence-electron chi connectivity index (χ1n) is 5.88. The van der Waals surface area contributed by atoms with Crippen LogP contribution in [0.2, 0.25) is 10.0 Å². The van der Waals surface area contributed by atoms with Crippen molar-refractivity contribution in [2.75, 3.05) is 5.32 Å². The molecule has 0 bridgehead atoms. The second kappa shape index (κ2) is 6.12. The minimum Gasteiger partial charge on any atom is -0.378 e. The van der Waals surface area contributed by atoms with Gasteiger partial charge in [0.1, 0.15) is 0 Å².